The molecule has 33 heavy (non-hydrogen) atoms. The quantitative estimate of drug-likeness (QED) is 0.467. The average Bonchev–Trinajstić information content (AvgIpc) is 3.62. The Hall–Kier alpha value is -1.96. The summed E-state index contributed by atoms with van der Waals surface area (Å²) in [5.41, 5.74) is 1.43. The Balaban J connectivity index is 1.36. The van der Waals surface area contributed by atoms with Crippen LogP contribution in [0.2, 0.25) is 10.0 Å². The summed E-state index contributed by atoms with van der Waals surface area (Å²) in [4.78, 5) is 26.7. The number of nitrogens with one attached hydrogen (secondary N) is 1. The van der Waals surface area contributed by atoms with Gasteiger partial charge < -0.3 is 9.64 Å². The summed E-state index contributed by atoms with van der Waals surface area (Å²) in [6, 6.07) is 7.82. The van der Waals surface area contributed by atoms with Gasteiger partial charge in [-0.2, -0.15) is 0 Å². The van der Waals surface area contributed by atoms with Crippen LogP contribution < -0.4 is 9.46 Å². The fourth-order valence-corrected chi connectivity index (χ4v) is 4.92. The number of halogens is 3. The second-order valence-corrected chi connectivity index (χ2v) is 9.97. The number of carbonyl (C=O) groups excluding carboxylic acids is 2. The van der Waals surface area contributed by atoms with Gasteiger partial charge in [0.1, 0.15) is 11.6 Å². The molecule has 2 amide bonds. The van der Waals surface area contributed by atoms with Crippen LogP contribution in [0.3, 0.4) is 0 Å². The van der Waals surface area contributed by atoms with Crippen LogP contribution in [0, 0.1) is 11.7 Å². The molecule has 1 saturated heterocycles. The molecule has 0 bridgehead atoms. The van der Waals surface area contributed by atoms with Gasteiger partial charge in [0.25, 0.3) is 11.8 Å². The molecule has 4 rings (SSSR count). The number of carbonyl (C=O) groups is 2. The van der Waals surface area contributed by atoms with Crippen molar-refractivity contribution in [2.45, 2.75) is 31.6 Å². The molecule has 1 aliphatic heterocycles. The predicted molar refractivity (Wildman–Crippen MR) is 130 cm³/mol. The highest BCUT2D eigenvalue weighted by atomic mass is 35.5. The number of rotatable bonds is 7. The lowest BCUT2D eigenvalue weighted by atomic mass is 9.97. The Labute approximate surface area is 207 Å². The van der Waals surface area contributed by atoms with E-state index >= 15 is 0 Å². The van der Waals surface area contributed by atoms with Crippen LogP contribution in [0.25, 0.3) is 0 Å². The second kappa shape index (κ2) is 10.5. The number of benzene rings is 2. The molecular formula is C24H25Cl2FN2O3S. The van der Waals surface area contributed by atoms with Gasteiger partial charge in [-0.3, -0.25) is 14.3 Å². The normalized spacial score (nSPS) is 16.5. The second-order valence-electron chi connectivity index (χ2n) is 8.48. The zero-order chi connectivity index (χ0) is 23.5. The summed E-state index contributed by atoms with van der Waals surface area (Å²) < 4.78 is 23.2. The van der Waals surface area contributed by atoms with Crippen LogP contribution in [-0.2, 0) is 0 Å². The molecular weight excluding hydrogens is 486 g/mol. The van der Waals surface area contributed by atoms with E-state index in [2.05, 4.69) is 4.72 Å². The molecule has 5 nitrogen and oxygen atoms in total. The summed E-state index contributed by atoms with van der Waals surface area (Å²) in [7, 11) is 0. The molecule has 2 aromatic carbocycles. The van der Waals surface area contributed by atoms with Crippen molar-refractivity contribution < 1.29 is 18.7 Å². The van der Waals surface area contributed by atoms with Gasteiger partial charge in [-0.05, 0) is 67.3 Å². The number of ether oxygens (including phenoxy) is 1. The summed E-state index contributed by atoms with van der Waals surface area (Å²) in [6.45, 7) is 1.66. The fraction of sp³-hybridized carbons (Fsp3) is 0.417. The van der Waals surface area contributed by atoms with Crippen LogP contribution in [-0.4, -0.2) is 42.7 Å². The van der Waals surface area contributed by atoms with E-state index in [1.165, 1.54) is 6.07 Å². The van der Waals surface area contributed by atoms with Crippen molar-refractivity contribution in [3.05, 3.63) is 62.9 Å². The number of amides is 2. The first-order valence-corrected chi connectivity index (χ1v) is 12.9. The smallest absolute Gasteiger partial charge is 0.264 e. The maximum atomic E-state index is 14.6. The Morgan fingerprint density at radius 1 is 1.09 bits per heavy atom. The lowest BCUT2D eigenvalue weighted by Crippen LogP contribution is -2.39. The topological polar surface area (TPSA) is 58.6 Å². The SMILES string of the molecule is CSNC(=O)c1cc(C2CC2)c(OCC2CCN(C(=O)c3cc(Cl)cc(Cl)c3)CC2)cc1F. The zero-order valence-electron chi connectivity index (χ0n) is 18.2. The van der Waals surface area contributed by atoms with Crippen molar-refractivity contribution in [1.82, 2.24) is 9.62 Å². The van der Waals surface area contributed by atoms with Gasteiger partial charge >= 0.3 is 0 Å². The van der Waals surface area contributed by atoms with E-state index in [0.29, 0.717) is 47.0 Å². The minimum atomic E-state index is -0.582. The van der Waals surface area contributed by atoms with E-state index in [4.69, 9.17) is 27.9 Å². The highest BCUT2D eigenvalue weighted by Crippen LogP contribution is 2.45. The Morgan fingerprint density at radius 2 is 1.76 bits per heavy atom. The summed E-state index contributed by atoms with van der Waals surface area (Å²) in [6.07, 6.45) is 5.32. The molecule has 2 aliphatic rings. The summed E-state index contributed by atoms with van der Waals surface area (Å²) >= 11 is 13.2. The summed E-state index contributed by atoms with van der Waals surface area (Å²) in [5.74, 6) is -0.0243. The number of hydrogen-bond donors (Lipinski definition) is 1. The maximum Gasteiger partial charge on any atom is 0.264 e. The van der Waals surface area contributed by atoms with Gasteiger partial charge in [0.2, 0.25) is 0 Å². The van der Waals surface area contributed by atoms with Crippen molar-refractivity contribution in [2.24, 2.45) is 5.92 Å². The van der Waals surface area contributed by atoms with Crippen molar-refractivity contribution in [3.8, 4) is 5.75 Å². The lowest BCUT2D eigenvalue weighted by Gasteiger charge is -2.32. The molecule has 0 aromatic heterocycles. The average molecular weight is 511 g/mol. The van der Waals surface area contributed by atoms with Crippen LogP contribution in [0.4, 0.5) is 4.39 Å². The third kappa shape index (κ3) is 5.94. The minimum Gasteiger partial charge on any atom is -0.493 e. The number of piperidine rings is 1. The van der Waals surface area contributed by atoms with Gasteiger partial charge in [0.15, 0.2) is 0 Å². The molecule has 0 radical (unpaired) electrons. The van der Waals surface area contributed by atoms with Crippen molar-refractivity contribution in [3.63, 3.8) is 0 Å². The third-order valence-corrected chi connectivity index (χ3v) is 6.87. The first kappa shape index (κ1) is 24.2. The van der Waals surface area contributed by atoms with Gasteiger partial charge in [0.05, 0.1) is 12.2 Å². The third-order valence-electron chi connectivity index (χ3n) is 6.04. The minimum absolute atomic E-state index is 0.0477. The highest BCUT2D eigenvalue weighted by Gasteiger charge is 2.30. The zero-order valence-corrected chi connectivity index (χ0v) is 20.5. The molecule has 1 N–H and O–H groups in total. The Kier molecular flexibility index (Phi) is 7.72. The molecule has 1 aliphatic carbocycles. The molecule has 2 fully saturated rings. The number of likely N-dealkylation sites (tertiary alicyclic amines) is 1. The van der Waals surface area contributed by atoms with Crippen LogP contribution in [0.5, 0.6) is 5.75 Å². The monoisotopic (exact) mass is 510 g/mol. The first-order chi connectivity index (χ1) is 15.9. The largest absolute Gasteiger partial charge is 0.493 e. The van der Waals surface area contributed by atoms with Gasteiger partial charge in [-0.1, -0.05) is 35.1 Å². The van der Waals surface area contributed by atoms with Gasteiger partial charge in [0, 0.05) is 41.0 Å². The van der Waals surface area contributed by atoms with Crippen molar-refractivity contribution >= 4 is 47.0 Å². The maximum absolute atomic E-state index is 14.6. The predicted octanol–water partition coefficient (Wildman–Crippen LogP) is 5.95. The molecule has 9 heteroatoms. The number of hydrogen-bond acceptors (Lipinski definition) is 4. The van der Waals surface area contributed by atoms with Crippen molar-refractivity contribution in [1.29, 1.82) is 0 Å². The van der Waals surface area contributed by atoms with Gasteiger partial charge in [-0.15, -0.1) is 0 Å². The molecule has 1 saturated carbocycles. The standard InChI is InChI=1S/C24H25Cl2FN2O3S/c1-33-28-23(30)20-11-19(15-2-3-15)22(12-21(20)27)32-13-14-4-6-29(7-5-14)24(31)16-8-17(25)10-18(26)9-16/h8-12,14-15H,2-7,13H2,1H3,(H,28,30). The van der Waals surface area contributed by atoms with Crippen LogP contribution in [0.1, 0.15) is 57.9 Å². The van der Waals surface area contributed by atoms with E-state index < -0.39 is 11.7 Å². The van der Waals surface area contributed by atoms with Crippen LogP contribution in [0.15, 0.2) is 30.3 Å². The molecule has 2 aromatic rings. The molecule has 0 unspecified atom stereocenters. The Bertz CT molecular complexity index is 1040. The first-order valence-electron chi connectivity index (χ1n) is 10.9. The fourth-order valence-electron chi connectivity index (χ4n) is 4.10. The van der Waals surface area contributed by atoms with Gasteiger partial charge in [-0.25, -0.2) is 4.39 Å². The highest BCUT2D eigenvalue weighted by molar-refractivity contribution is 7.97. The van der Waals surface area contributed by atoms with E-state index in [1.54, 1.807) is 35.4 Å². The number of nitrogens with zero attached hydrogens (tertiary/aromatic N) is 1. The van der Waals surface area contributed by atoms with E-state index in [-0.39, 0.29) is 17.4 Å². The van der Waals surface area contributed by atoms with E-state index in [9.17, 15) is 14.0 Å². The molecule has 0 atom stereocenters. The molecule has 1 heterocycles. The molecule has 176 valence electrons. The Morgan fingerprint density at radius 3 is 2.36 bits per heavy atom. The van der Waals surface area contributed by atoms with E-state index in [0.717, 1.165) is 43.2 Å². The lowest BCUT2D eigenvalue weighted by molar-refractivity contribution is 0.0660. The van der Waals surface area contributed by atoms with Crippen LogP contribution >= 0.6 is 35.1 Å². The van der Waals surface area contributed by atoms with E-state index in [1.807, 2.05) is 0 Å². The molecule has 0 spiro atoms. The van der Waals surface area contributed by atoms with Crippen molar-refractivity contribution in [2.75, 3.05) is 26.0 Å². The summed E-state index contributed by atoms with van der Waals surface area (Å²) in [5, 5.41) is 0.870.